The van der Waals surface area contributed by atoms with E-state index in [0.29, 0.717) is 38.1 Å². The van der Waals surface area contributed by atoms with Crippen molar-refractivity contribution in [2.45, 2.75) is 38.3 Å². The molecule has 6 nitrogen and oxygen atoms in total. The lowest BCUT2D eigenvalue weighted by Crippen LogP contribution is -2.37. The zero-order valence-electron chi connectivity index (χ0n) is 15.9. The number of nitrogens with one attached hydrogen (secondary N) is 1. The molecule has 0 fully saturated rings. The Morgan fingerprint density at radius 1 is 1.29 bits per heavy atom. The Balaban J connectivity index is 1.33. The summed E-state index contributed by atoms with van der Waals surface area (Å²) in [7, 11) is 0. The molecule has 0 saturated carbocycles. The Labute approximate surface area is 165 Å². The van der Waals surface area contributed by atoms with Gasteiger partial charge >= 0.3 is 0 Å². The number of terminal acetylenes is 1. The van der Waals surface area contributed by atoms with Crippen LogP contribution in [0.2, 0.25) is 0 Å². The minimum Gasteiger partial charge on any atom is -0.368 e. The van der Waals surface area contributed by atoms with Crippen molar-refractivity contribution < 1.29 is 9.53 Å². The highest BCUT2D eigenvalue weighted by Gasteiger charge is 2.24. The van der Waals surface area contributed by atoms with E-state index in [9.17, 15) is 4.79 Å². The van der Waals surface area contributed by atoms with Gasteiger partial charge in [0.05, 0.1) is 18.7 Å². The molecule has 1 aromatic heterocycles. The van der Waals surface area contributed by atoms with Gasteiger partial charge in [-0.3, -0.25) is 4.79 Å². The van der Waals surface area contributed by atoms with Gasteiger partial charge in [-0.25, -0.2) is 9.97 Å². The molecule has 1 amide bonds. The van der Waals surface area contributed by atoms with Gasteiger partial charge < -0.3 is 15.0 Å². The van der Waals surface area contributed by atoms with Crippen LogP contribution in [0.4, 0.5) is 5.95 Å². The molecule has 0 unspecified atom stereocenters. The first-order valence-corrected chi connectivity index (χ1v) is 9.70. The quantitative estimate of drug-likeness (QED) is 0.617. The maximum atomic E-state index is 12.3. The van der Waals surface area contributed by atoms with Crippen molar-refractivity contribution in [2.24, 2.45) is 0 Å². The second-order valence-corrected chi connectivity index (χ2v) is 7.26. The fraction of sp³-hybridized carbons (Fsp3) is 0.409. The number of aromatic nitrogens is 2. The molecule has 6 heteroatoms. The van der Waals surface area contributed by atoms with Crippen molar-refractivity contribution in [3.05, 3.63) is 52.8 Å². The molecule has 0 saturated heterocycles. The minimum absolute atomic E-state index is 0.0774. The molecule has 2 aromatic rings. The third-order valence-corrected chi connectivity index (χ3v) is 5.32. The first-order valence-electron chi connectivity index (χ1n) is 9.70. The van der Waals surface area contributed by atoms with Gasteiger partial charge in [0.2, 0.25) is 11.9 Å². The van der Waals surface area contributed by atoms with Crippen LogP contribution in [-0.2, 0) is 35.3 Å². The number of hydrogen-bond donors (Lipinski definition) is 1. The number of rotatable bonds is 6. The Bertz CT molecular complexity index is 881. The van der Waals surface area contributed by atoms with Crippen molar-refractivity contribution in [1.29, 1.82) is 0 Å². The Hall–Kier alpha value is -2.91. The Kier molecular flexibility index (Phi) is 5.54. The standard InChI is InChI=1S/C22H24N4O2/c1-2-10-28-11-8-21(27)26-9-7-20-18(15-26)14-23-22(25-20)24-19-12-16-5-3-4-6-17(16)13-19/h1,3-6,14,19H,7-13,15H2,(H,23,24,25). The molecule has 2 heterocycles. The summed E-state index contributed by atoms with van der Waals surface area (Å²) in [6, 6.07) is 8.89. The van der Waals surface area contributed by atoms with E-state index in [1.54, 1.807) is 0 Å². The summed E-state index contributed by atoms with van der Waals surface area (Å²) in [5.74, 6) is 3.16. The Morgan fingerprint density at radius 2 is 2.07 bits per heavy atom. The molecule has 0 atom stereocenters. The molecule has 4 rings (SSSR count). The lowest BCUT2D eigenvalue weighted by molar-refractivity contribution is -0.133. The monoisotopic (exact) mass is 376 g/mol. The minimum atomic E-state index is 0.0774. The zero-order valence-corrected chi connectivity index (χ0v) is 15.9. The summed E-state index contributed by atoms with van der Waals surface area (Å²) in [5.41, 5.74) is 4.85. The number of carbonyl (C=O) groups is 1. The van der Waals surface area contributed by atoms with Crippen LogP contribution in [0.15, 0.2) is 30.5 Å². The number of hydrogen-bond acceptors (Lipinski definition) is 5. The van der Waals surface area contributed by atoms with Crippen LogP contribution in [0.3, 0.4) is 0 Å². The van der Waals surface area contributed by atoms with Crippen LogP contribution in [0.5, 0.6) is 0 Å². The Morgan fingerprint density at radius 3 is 2.82 bits per heavy atom. The van der Waals surface area contributed by atoms with Gasteiger partial charge in [-0.05, 0) is 24.0 Å². The average molecular weight is 376 g/mol. The van der Waals surface area contributed by atoms with E-state index in [1.165, 1.54) is 11.1 Å². The smallest absolute Gasteiger partial charge is 0.225 e. The largest absolute Gasteiger partial charge is 0.368 e. The van der Waals surface area contributed by atoms with E-state index in [1.807, 2.05) is 11.1 Å². The molecule has 0 bridgehead atoms. The first-order chi connectivity index (χ1) is 13.7. The van der Waals surface area contributed by atoms with Gasteiger partial charge in [-0.1, -0.05) is 30.2 Å². The van der Waals surface area contributed by atoms with Crippen LogP contribution in [0.1, 0.15) is 28.8 Å². The van der Waals surface area contributed by atoms with E-state index in [-0.39, 0.29) is 12.5 Å². The van der Waals surface area contributed by atoms with E-state index in [0.717, 1.165) is 30.5 Å². The fourth-order valence-electron chi connectivity index (χ4n) is 3.89. The van der Waals surface area contributed by atoms with Gasteiger partial charge in [-0.2, -0.15) is 0 Å². The van der Waals surface area contributed by atoms with E-state index >= 15 is 0 Å². The summed E-state index contributed by atoms with van der Waals surface area (Å²) in [6.45, 7) is 1.83. The molecule has 1 N–H and O–H groups in total. The lowest BCUT2D eigenvalue weighted by Gasteiger charge is -2.28. The fourth-order valence-corrected chi connectivity index (χ4v) is 3.89. The molecule has 28 heavy (non-hydrogen) atoms. The van der Waals surface area contributed by atoms with Crippen LogP contribution >= 0.6 is 0 Å². The van der Waals surface area contributed by atoms with E-state index in [4.69, 9.17) is 16.1 Å². The summed E-state index contributed by atoms with van der Waals surface area (Å²) in [5, 5.41) is 3.48. The number of amides is 1. The number of fused-ring (bicyclic) bond motifs is 2. The topological polar surface area (TPSA) is 67.3 Å². The van der Waals surface area contributed by atoms with Gasteiger partial charge in [0.1, 0.15) is 6.61 Å². The van der Waals surface area contributed by atoms with Crippen molar-refractivity contribution in [2.75, 3.05) is 25.1 Å². The highest BCUT2D eigenvalue weighted by Crippen LogP contribution is 2.24. The second kappa shape index (κ2) is 8.41. The van der Waals surface area contributed by atoms with Gasteiger partial charge in [0, 0.05) is 37.3 Å². The number of benzene rings is 1. The summed E-state index contributed by atoms with van der Waals surface area (Å²) < 4.78 is 5.20. The van der Waals surface area contributed by atoms with Crippen molar-refractivity contribution in [3.8, 4) is 12.3 Å². The second-order valence-electron chi connectivity index (χ2n) is 7.26. The van der Waals surface area contributed by atoms with Gasteiger partial charge in [0.15, 0.2) is 0 Å². The molecular weight excluding hydrogens is 352 g/mol. The maximum absolute atomic E-state index is 12.3. The third-order valence-electron chi connectivity index (χ3n) is 5.32. The summed E-state index contributed by atoms with van der Waals surface area (Å²) in [4.78, 5) is 23.4. The highest BCUT2D eigenvalue weighted by atomic mass is 16.5. The molecule has 2 aliphatic rings. The van der Waals surface area contributed by atoms with Crippen molar-refractivity contribution >= 4 is 11.9 Å². The molecule has 144 valence electrons. The predicted octanol–water partition coefficient (Wildman–Crippen LogP) is 1.98. The number of anilines is 1. The maximum Gasteiger partial charge on any atom is 0.225 e. The van der Waals surface area contributed by atoms with Crippen LogP contribution < -0.4 is 5.32 Å². The van der Waals surface area contributed by atoms with Crippen molar-refractivity contribution in [1.82, 2.24) is 14.9 Å². The highest BCUT2D eigenvalue weighted by molar-refractivity contribution is 5.76. The van der Waals surface area contributed by atoms with E-state index < -0.39 is 0 Å². The van der Waals surface area contributed by atoms with Gasteiger partial charge in [0.25, 0.3) is 0 Å². The average Bonchev–Trinajstić information content (AvgIpc) is 3.13. The van der Waals surface area contributed by atoms with Crippen LogP contribution in [0, 0.1) is 12.3 Å². The van der Waals surface area contributed by atoms with Crippen LogP contribution in [-0.4, -0.2) is 46.6 Å². The molecular formula is C22H24N4O2. The van der Waals surface area contributed by atoms with Crippen molar-refractivity contribution in [3.63, 3.8) is 0 Å². The zero-order chi connectivity index (χ0) is 19.3. The summed E-state index contributed by atoms with van der Waals surface area (Å²) in [6.07, 6.45) is 10.1. The molecule has 1 aromatic carbocycles. The normalized spacial score (nSPS) is 15.6. The number of carbonyl (C=O) groups excluding carboxylic acids is 1. The third kappa shape index (κ3) is 4.15. The van der Waals surface area contributed by atoms with Gasteiger partial charge in [-0.15, -0.1) is 6.42 Å². The number of nitrogens with zero attached hydrogens (tertiary/aromatic N) is 3. The molecule has 0 spiro atoms. The SMILES string of the molecule is C#CCOCCC(=O)N1CCc2nc(NC3Cc4ccccc4C3)ncc2C1. The van der Waals surface area contributed by atoms with Crippen LogP contribution in [0.25, 0.3) is 0 Å². The molecule has 1 aliphatic carbocycles. The molecule has 0 radical (unpaired) electrons. The number of ether oxygens (including phenoxy) is 1. The molecule has 1 aliphatic heterocycles. The summed E-state index contributed by atoms with van der Waals surface area (Å²) >= 11 is 0. The lowest BCUT2D eigenvalue weighted by atomic mass is 10.1. The van der Waals surface area contributed by atoms with E-state index in [2.05, 4.69) is 40.5 Å². The first kappa shape index (κ1) is 18.5. The predicted molar refractivity (Wildman–Crippen MR) is 107 cm³/mol.